The Bertz CT molecular complexity index is 172. The maximum atomic E-state index is 10.8. The molecule has 1 rings (SSSR count). The number of amides is 1. The molecule has 0 aromatic heterocycles. The molecule has 0 unspecified atom stereocenters. The summed E-state index contributed by atoms with van der Waals surface area (Å²) in [5.41, 5.74) is 1.28. The molecule has 2 heteroatoms. The van der Waals surface area contributed by atoms with Crippen molar-refractivity contribution in [3.63, 3.8) is 0 Å². The Morgan fingerprint density at radius 1 is 1.70 bits per heavy atom. The lowest BCUT2D eigenvalue weighted by molar-refractivity contribution is -0.127. The molecule has 2 nitrogen and oxygen atoms in total. The zero-order chi connectivity index (χ0) is 7.56. The van der Waals surface area contributed by atoms with E-state index < -0.39 is 0 Å². The standard InChI is InChI=1S/C8H12NO/c1-7-4-3-5-9(6-7)8(2)10/h4-5H,3,6H2,1-2H3. The normalized spacial score (nSPS) is 18.6. The molecule has 1 aliphatic rings. The van der Waals surface area contributed by atoms with Gasteiger partial charge in [-0.25, -0.2) is 0 Å². The summed E-state index contributed by atoms with van der Waals surface area (Å²) in [6, 6.07) is 0. The van der Waals surface area contributed by atoms with E-state index in [-0.39, 0.29) is 5.91 Å². The molecule has 0 saturated heterocycles. The molecule has 0 fully saturated rings. The number of hydrogen-bond acceptors (Lipinski definition) is 1. The first-order valence-corrected chi connectivity index (χ1v) is 3.46. The molecule has 1 radical (unpaired) electrons. The predicted molar refractivity (Wildman–Crippen MR) is 40.1 cm³/mol. The van der Waals surface area contributed by atoms with Gasteiger partial charge in [0.1, 0.15) is 0 Å². The molecule has 1 aliphatic heterocycles. The fourth-order valence-electron chi connectivity index (χ4n) is 1.02. The van der Waals surface area contributed by atoms with E-state index in [1.165, 1.54) is 5.57 Å². The van der Waals surface area contributed by atoms with Crippen molar-refractivity contribution in [1.29, 1.82) is 0 Å². The van der Waals surface area contributed by atoms with Crippen LogP contribution in [0.25, 0.3) is 0 Å². The second kappa shape index (κ2) is 2.86. The van der Waals surface area contributed by atoms with Crippen molar-refractivity contribution in [2.45, 2.75) is 20.3 Å². The Morgan fingerprint density at radius 2 is 2.40 bits per heavy atom. The van der Waals surface area contributed by atoms with Gasteiger partial charge in [-0.1, -0.05) is 11.6 Å². The Labute approximate surface area is 61.5 Å². The van der Waals surface area contributed by atoms with Crippen LogP contribution in [0.5, 0.6) is 0 Å². The molecule has 0 aromatic carbocycles. The Morgan fingerprint density at radius 3 is 2.80 bits per heavy atom. The van der Waals surface area contributed by atoms with E-state index in [1.807, 2.05) is 13.5 Å². The van der Waals surface area contributed by atoms with Crippen LogP contribution in [-0.4, -0.2) is 17.4 Å². The van der Waals surface area contributed by atoms with Gasteiger partial charge in [0.15, 0.2) is 0 Å². The number of hydrogen-bond donors (Lipinski definition) is 0. The van der Waals surface area contributed by atoms with Crippen molar-refractivity contribution in [2.24, 2.45) is 0 Å². The fourth-order valence-corrected chi connectivity index (χ4v) is 1.02. The van der Waals surface area contributed by atoms with Crippen LogP contribution in [0.1, 0.15) is 20.3 Å². The van der Waals surface area contributed by atoms with Crippen LogP contribution in [0.3, 0.4) is 0 Å². The van der Waals surface area contributed by atoms with Gasteiger partial charge in [-0.15, -0.1) is 0 Å². The van der Waals surface area contributed by atoms with E-state index in [1.54, 1.807) is 11.8 Å². The fraction of sp³-hybridized carbons (Fsp3) is 0.500. The highest BCUT2D eigenvalue weighted by atomic mass is 16.2. The molecule has 0 bridgehead atoms. The number of carbonyl (C=O) groups is 1. The van der Waals surface area contributed by atoms with Gasteiger partial charge in [0, 0.05) is 13.5 Å². The third kappa shape index (κ3) is 1.59. The Kier molecular flexibility index (Phi) is 2.10. The first kappa shape index (κ1) is 7.32. The van der Waals surface area contributed by atoms with E-state index in [9.17, 15) is 4.79 Å². The van der Waals surface area contributed by atoms with Crippen molar-refractivity contribution in [1.82, 2.24) is 4.90 Å². The smallest absolute Gasteiger partial charge is 0.220 e. The Hall–Kier alpha value is -0.790. The summed E-state index contributed by atoms with van der Waals surface area (Å²) in [6.45, 7) is 6.34. The third-order valence-corrected chi connectivity index (χ3v) is 1.62. The van der Waals surface area contributed by atoms with Gasteiger partial charge in [-0.2, -0.15) is 0 Å². The molecule has 10 heavy (non-hydrogen) atoms. The van der Waals surface area contributed by atoms with Crippen LogP contribution in [0.15, 0.2) is 11.6 Å². The lowest BCUT2D eigenvalue weighted by Gasteiger charge is -2.23. The molecule has 0 spiro atoms. The summed E-state index contributed by atoms with van der Waals surface area (Å²) in [5.74, 6) is 0.132. The summed E-state index contributed by atoms with van der Waals surface area (Å²) in [6.07, 6.45) is 3.03. The quantitative estimate of drug-likeness (QED) is 0.463. The van der Waals surface area contributed by atoms with E-state index in [4.69, 9.17) is 0 Å². The van der Waals surface area contributed by atoms with Crippen molar-refractivity contribution >= 4 is 5.91 Å². The molecule has 0 N–H and O–H groups in total. The molecular formula is C8H12NO. The molecule has 55 valence electrons. The zero-order valence-electron chi connectivity index (χ0n) is 6.42. The summed E-state index contributed by atoms with van der Waals surface area (Å²) in [7, 11) is 0. The van der Waals surface area contributed by atoms with Crippen LogP contribution in [0, 0.1) is 6.54 Å². The number of carbonyl (C=O) groups excluding carboxylic acids is 1. The third-order valence-electron chi connectivity index (χ3n) is 1.62. The van der Waals surface area contributed by atoms with Crippen LogP contribution in [0.4, 0.5) is 0 Å². The lowest BCUT2D eigenvalue weighted by atomic mass is 10.1. The van der Waals surface area contributed by atoms with E-state index in [0.29, 0.717) is 0 Å². The van der Waals surface area contributed by atoms with Crippen molar-refractivity contribution in [3.05, 3.63) is 18.2 Å². The largest absolute Gasteiger partial charge is 0.334 e. The van der Waals surface area contributed by atoms with Crippen LogP contribution in [0.2, 0.25) is 0 Å². The molecule has 0 aliphatic carbocycles. The monoisotopic (exact) mass is 138 g/mol. The van der Waals surface area contributed by atoms with Gasteiger partial charge in [-0.05, 0) is 13.3 Å². The number of nitrogens with zero attached hydrogens (tertiary/aromatic N) is 1. The zero-order valence-corrected chi connectivity index (χ0v) is 6.42. The van der Waals surface area contributed by atoms with Crippen LogP contribution < -0.4 is 0 Å². The van der Waals surface area contributed by atoms with Gasteiger partial charge < -0.3 is 4.90 Å². The minimum absolute atomic E-state index is 0.132. The molecule has 1 heterocycles. The topological polar surface area (TPSA) is 20.3 Å². The van der Waals surface area contributed by atoms with Crippen molar-refractivity contribution in [3.8, 4) is 0 Å². The van der Waals surface area contributed by atoms with E-state index in [0.717, 1.165) is 13.0 Å². The SMILES string of the molecule is CC(=O)N1[CH]CC=C(C)C1. The number of rotatable bonds is 0. The van der Waals surface area contributed by atoms with E-state index >= 15 is 0 Å². The van der Waals surface area contributed by atoms with E-state index in [2.05, 4.69) is 6.08 Å². The minimum atomic E-state index is 0.132. The maximum Gasteiger partial charge on any atom is 0.220 e. The van der Waals surface area contributed by atoms with Crippen molar-refractivity contribution in [2.75, 3.05) is 6.54 Å². The highest BCUT2D eigenvalue weighted by molar-refractivity contribution is 5.74. The average Bonchev–Trinajstić information content (AvgIpc) is 1.88. The molecule has 0 atom stereocenters. The van der Waals surface area contributed by atoms with Gasteiger partial charge in [0.2, 0.25) is 5.91 Å². The van der Waals surface area contributed by atoms with Gasteiger partial charge in [-0.3, -0.25) is 4.79 Å². The molecule has 1 amide bonds. The minimum Gasteiger partial charge on any atom is -0.334 e. The van der Waals surface area contributed by atoms with Gasteiger partial charge >= 0.3 is 0 Å². The summed E-state index contributed by atoms with van der Waals surface area (Å²) >= 11 is 0. The first-order valence-electron chi connectivity index (χ1n) is 3.46. The summed E-state index contributed by atoms with van der Waals surface area (Å²) in [5, 5.41) is 0. The summed E-state index contributed by atoms with van der Waals surface area (Å²) in [4.78, 5) is 12.6. The average molecular weight is 138 g/mol. The molecule has 0 saturated carbocycles. The lowest BCUT2D eigenvalue weighted by Crippen LogP contribution is -2.29. The summed E-state index contributed by atoms with van der Waals surface area (Å²) < 4.78 is 0. The predicted octanol–water partition coefficient (Wildman–Crippen LogP) is 1.35. The van der Waals surface area contributed by atoms with Gasteiger partial charge in [0.25, 0.3) is 0 Å². The first-order chi connectivity index (χ1) is 4.70. The second-order valence-corrected chi connectivity index (χ2v) is 2.62. The van der Waals surface area contributed by atoms with Crippen LogP contribution >= 0.6 is 0 Å². The van der Waals surface area contributed by atoms with Gasteiger partial charge in [0.05, 0.1) is 6.54 Å². The van der Waals surface area contributed by atoms with Crippen LogP contribution in [-0.2, 0) is 4.79 Å². The molecule has 0 aromatic rings. The highest BCUT2D eigenvalue weighted by Crippen LogP contribution is 2.11. The second-order valence-electron chi connectivity index (χ2n) is 2.62. The highest BCUT2D eigenvalue weighted by Gasteiger charge is 2.11. The maximum absolute atomic E-state index is 10.8. The molecular weight excluding hydrogens is 126 g/mol. The van der Waals surface area contributed by atoms with Crippen molar-refractivity contribution < 1.29 is 4.79 Å². The Balaban J connectivity index is 2.53.